The van der Waals surface area contributed by atoms with Crippen molar-refractivity contribution < 1.29 is 19.7 Å². The molecule has 4 nitrogen and oxygen atoms in total. The number of ether oxygens (including phenoxy) is 1. The molecule has 0 aliphatic heterocycles. The quantitative estimate of drug-likeness (QED) is 0.409. The zero-order valence-electron chi connectivity index (χ0n) is 16.0. The monoisotopic (exact) mass is 358 g/mol. The molecule has 142 valence electrons. The number of methoxy groups -OCH3 is 1. The number of unbranched alkanes of at least 4 members (excludes halogenated alkanes) is 2. The minimum Gasteiger partial charge on any atom is -0.507 e. The largest absolute Gasteiger partial charge is 0.507 e. The van der Waals surface area contributed by atoms with Gasteiger partial charge in [0.1, 0.15) is 11.5 Å². The lowest BCUT2D eigenvalue weighted by atomic mass is 9.73. The highest BCUT2D eigenvalue weighted by Crippen LogP contribution is 2.46. The molecular formula is C22H30O4. The lowest BCUT2D eigenvalue weighted by Gasteiger charge is -2.31. The highest BCUT2D eigenvalue weighted by atomic mass is 16.5. The van der Waals surface area contributed by atoms with Gasteiger partial charge in [-0.2, -0.15) is 0 Å². The first-order chi connectivity index (χ1) is 12.4. The Bertz CT molecular complexity index is 679. The van der Waals surface area contributed by atoms with Gasteiger partial charge in [-0.25, -0.2) is 4.79 Å². The number of rotatable bonds is 7. The topological polar surface area (TPSA) is 66.8 Å². The van der Waals surface area contributed by atoms with Gasteiger partial charge in [0.05, 0.1) is 7.11 Å². The van der Waals surface area contributed by atoms with E-state index in [0.29, 0.717) is 17.6 Å². The Kier molecular flexibility index (Phi) is 6.90. The molecule has 1 aromatic carbocycles. The summed E-state index contributed by atoms with van der Waals surface area (Å²) in [4.78, 5) is 12.0. The van der Waals surface area contributed by atoms with Crippen LogP contribution >= 0.6 is 0 Å². The maximum atomic E-state index is 12.0. The molecule has 2 N–H and O–H groups in total. The number of hydrogen-bond donors (Lipinski definition) is 2. The van der Waals surface area contributed by atoms with E-state index in [4.69, 9.17) is 4.74 Å². The SMILES string of the molecule is C=C(C)[C@@H]1CCC(C(=O)OC)=C[C@H]1c1c(O)cc(CCCCC)cc1O. The molecule has 0 saturated carbocycles. The van der Waals surface area contributed by atoms with E-state index in [9.17, 15) is 15.0 Å². The van der Waals surface area contributed by atoms with Crippen molar-refractivity contribution in [2.75, 3.05) is 7.11 Å². The fraction of sp³-hybridized carbons (Fsp3) is 0.500. The molecule has 1 aliphatic carbocycles. The van der Waals surface area contributed by atoms with Gasteiger partial charge in [-0.1, -0.05) is 38.0 Å². The van der Waals surface area contributed by atoms with Crippen LogP contribution in [-0.4, -0.2) is 23.3 Å². The average molecular weight is 358 g/mol. The molecule has 1 aromatic rings. The van der Waals surface area contributed by atoms with Crippen molar-refractivity contribution in [1.82, 2.24) is 0 Å². The molecule has 0 spiro atoms. The third-order valence-corrected chi connectivity index (χ3v) is 5.22. The first kappa shape index (κ1) is 20.1. The number of benzene rings is 1. The van der Waals surface area contributed by atoms with E-state index in [0.717, 1.165) is 43.2 Å². The van der Waals surface area contributed by atoms with Crippen LogP contribution in [0.15, 0.2) is 35.9 Å². The Hall–Kier alpha value is -2.23. The molecule has 0 unspecified atom stereocenters. The van der Waals surface area contributed by atoms with Crippen molar-refractivity contribution in [3.8, 4) is 11.5 Å². The number of carbonyl (C=O) groups is 1. The molecule has 26 heavy (non-hydrogen) atoms. The molecule has 0 heterocycles. The molecule has 2 atom stereocenters. The predicted molar refractivity (Wildman–Crippen MR) is 103 cm³/mol. The highest BCUT2D eigenvalue weighted by Gasteiger charge is 2.32. The van der Waals surface area contributed by atoms with Crippen molar-refractivity contribution >= 4 is 5.97 Å². The Morgan fingerprint density at radius 1 is 1.27 bits per heavy atom. The van der Waals surface area contributed by atoms with Crippen LogP contribution in [0.2, 0.25) is 0 Å². The predicted octanol–water partition coefficient (Wildman–Crippen LogP) is 5.00. The number of phenols is 2. The zero-order chi connectivity index (χ0) is 19.3. The smallest absolute Gasteiger partial charge is 0.333 e. The number of phenolic OH excluding ortho intramolecular Hbond substituents is 2. The second kappa shape index (κ2) is 8.93. The van der Waals surface area contributed by atoms with Crippen LogP contribution in [-0.2, 0) is 16.0 Å². The maximum Gasteiger partial charge on any atom is 0.333 e. The number of carbonyl (C=O) groups excluding carboxylic acids is 1. The summed E-state index contributed by atoms with van der Waals surface area (Å²) in [6, 6.07) is 3.47. The fourth-order valence-electron chi connectivity index (χ4n) is 3.79. The van der Waals surface area contributed by atoms with Gasteiger partial charge in [0.15, 0.2) is 0 Å². The number of aromatic hydroxyl groups is 2. The van der Waals surface area contributed by atoms with Gasteiger partial charge in [0.25, 0.3) is 0 Å². The molecule has 0 aromatic heterocycles. The van der Waals surface area contributed by atoms with E-state index in [1.165, 1.54) is 7.11 Å². The second-order valence-corrected chi connectivity index (χ2v) is 7.21. The minimum absolute atomic E-state index is 0.0612. The van der Waals surface area contributed by atoms with Gasteiger partial charge in [-0.15, -0.1) is 0 Å². The summed E-state index contributed by atoms with van der Waals surface area (Å²) in [7, 11) is 1.36. The molecule has 0 fully saturated rings. The molecule has 0 amide bonds. The van der Waals surface area contributed by atoms with E-state index < -0.39 is 0 Å². The summed E-state index contributed by atoms with van der Waals surface area (Å²) in [5.41, 5.74) is 2.96. The first-order valence-corrected chi connectivity index (χ1v) is 9.38. The molecule has 2 rings (SSSR count). The normalized spacial score (nSPS) is 19.7. The van der Waals surface area contributed by atoms with E-state index >= 15 is 0 Å². The van der Waals surface area contributed by atoms with Crippen LogP contribution < -0.4 is 0 Å². The third-order valence-electron chi connectivity index (χ3n) is 5.22. The van der Waals surface area contributed by atoms with Gasteiger partial charge < -0.3 is 14.9 Å². The van der Waals surface area contributed by atoms with Gasteiger partial charge >= 0.3 is 5.97 Å². The number of hydrogen-bond acceptors (Lipinski definition) is 4. The minimum atomic E-state index is -0.356. The first-order valence-electron chi connectivity index (χ1n) is 9.38. The van der Waals surface area contributed by atoms with Gasteiger partial charge in [0.2, 0.25) is 0 Å². The van der Waals surface area contributed by atoms with E-state index in [-0.39, 0.29) is 29.3 Å². The number of aryl methyl sites for hydroxylation is 1. The van der Waals surface area contributed by atoms with Crippen LogP contribution in [0.1, 0.15) is 63.0 Å². The Labute approximate surface area is 156 Å². The summed E-state index contributed by atoms with van der Waals surface area (Å²) in [5, 5.41) is 21.3. The summed E-state index contributed by atoms with van der Waals surface area (Å²) >= 11 is 0. The van der Waals surface area contributed by atoms with Crippen molar-refractivity contribution in [3.05, 3.63) is 47.1 Å². The summed E-state index contributed by atoms with van der Waals surface area (Å²) in [5.74, 6) is -0.429. The molecule has 4 heteroatoms. The zero-order valence-corrected chi connectivity index (χ0v) is 16.0. The third kappa shape index (κ3) is 4.48. The van der Waals surface area contributed by atoms with Crippen LogP contribution in [0.3, 0.4) is 0 Å². The molecular weight excluding hydrogens is 328 g/mol. The fourth-order valence-corrected chi connectivity index (χ4v) is 3.79. The van der Waals surface area contributed by atoms with Crippen molar-refractivity contribution in [2.24, 2.45) is 5.92 Å². The van der Waals surface area contributed by atoms with E-state index in [2.05, 4.69) is 13.5 Å². The van der Waals surface area contributed by atoms with Crippen LogP contribution in [0.25, 0.3) is 0 Å². The molecule has 0 bridgehead atoms. The van der Waals surface area contributed by atoms with Crippen molar-refractivity contribution in [2.45, 2.75) is 58.3 Å². The standard InChI is InChI=1S/C22H30O4/c1-5-6-7-8-15-11-19(23)21(20(24)12-15)18-13-16(22(25)26-4)9-10-17(18)14(2)3/h11-13,17-18,23-24H,2,5-10H2,1,3-4H3/t17-,18+/m0/s1. The van der Waals surface area contributed by atoms with Crippen LogP contribution in [0, 0.1) is 5.92 Å². The Balaban J connectivity index is 2.41. The highest BCUT2D eigenvalue weighted by molar-refractivity contribution is 5.88. The average Bonchev–Trinajstić information content (AvgIpc) is 2.60. The van der Waals surface area contributed by atoms with Crippen LogP contribution in [0.5, 0.6) is 11.5 Å². The Morgan fingerprint density at radius 2 is 1.92 bits per heavy atom. The lowest BCUT2D eigenvalue weighted by molar-refractivity contribution is -0.136. The maximum absolute atomic E-state index is 12.0. The molecule has 0 radical (unpaired) electrons. The second-order valence-electron chi connectivity index (χ2n) is 7.21. The summed E-state index contributed by atoms with van der Waals surface area (Å²) < 4.78 is 4.85. The van der Waals surface area contributed by atoms with E-state index in [1.807, 2.05) is 13.0 Å². The lowest BCUT2D eigenvalue weighted by Crippen LogP contribution is -2.21. The van der Waals surface area contributed by atoms with Crippen LogP contribution in [0.4, 0.5) is 0 Å². The number of esters is 1. The molecule has 0 saturated heterocycles. The molecule has 1 aliphatic rings. The Morgan fingerprint density at radius 3 is 2.46 bits per heavy atom. The summed E-state index contributed by atoms with van der Waals surface area (Å²) in [6.45, 7) is 8.15. The summed E-state index contributed by atoms with van der Waals surface area (Å²) in [6.07, 6.45) is 7.26. The number of allylic oxidation sites excluding steroid dienone is 2. The van der Waals surface area contributed by atoms with Gasteiger partial charge in [-0.05, 0) is 56.2 Å². The van der Waals surface area contributed by atoms with E-state index in [1.54, 1.807) is 12.1 Å². The van der Waals surface area contributed by atoms with Gasteiger partial charge in [0, 0.05) is 17.1 Å². The van der Waals surface area contributed by atoms with Crippen molar-refractivity contribution in [1.29, 1.82) is 0 Å². The van der Waals surface area contributed by atoms with Gasteiger partial charge in [-0.3, -0.25) is 0 Å². The van der Waals surface area contributed by atoms with Crippen molar-refractivity contribution in [3.63, 3.8) is 0 Å².